The van der Waals surface area contributed by atoms with Crippen LogP contribution in [0.1, 0.15) is 18.4 Å². The van der Waals surface area contributed by atoms with E-state index in [0.717, 1.165) is 5.56 Å². The molecule has 0 radical (unpaired) electrons. The van der Waals surface area contributed by atoms with E-state index < -0.39 is 21.8 Å². The molecule has 0 unspecified atom stereocenters. The predicted molar refractivity (Wildman–Crippen MR) is 138 cm³/mol. The lowest BCUT2D eigenvalue weighted by Crippen LogP contribution is -2.44. The van der Waals surface area contributed by atoms with Gasteiger partial charge in [-0.1, -0.05) is 35.1 Å². The monoisotopic (exact) mass is 544 g/mol. The largest absolute Gasteiger partial charge is 0.283 e. The second kappa shape index (κ2) is 10.2. The first kappa shape index (κ1) is 24.8. The molecular weight excluding hydrogens is 523 g/mol. The van der Waals surface area contributed by atoms with Gasteiger partial charge in [0.1, 0.15) is 11.3 Å². The molecule has 0 bridgehead atoms. The second-order valence-corrected chi connectivity index (χ2v) is 11.9. The smallest absolute Gasteiger partial charge is 0.243 e. The topological polar surface area (TPSA) is 83.5 Å². The highest BCUT2D eigenvalue weighted by atomic mass is 35.5. The molecule has 0 atom stereocenters. The molecule has 7 nitrogen and oxygen atoms in total. The van der Waals surface area contributed by atoms with E-state index in [4.69, 9.17) is 11.6 Å². The molecule has 2 aromatic carbocycles. The van der Waals surface area contributed by atoms with Crippen LogP contribution < -0.4 is 4.90 Å². The van der Waals surface area contributed by atoms with Crippen molar-refractivity contribution in [2.24, 2.45) is 5.92 Å². The summed E-state index contributed by atoms with van der Waals surface area (Å²) in [6.45, 7) is 0.671. The van der Waals surface area contributed by atoms with Gasteiger partial charge in [0, 0.05) is 36.4 Å². The first-order valence-electron chi connectivity index (χ1n) is 11.3. The summed E-state index contributed by atoms with van der Waals surface area (Å²) in [6.07, 6.45) is 4.07. The van der Waals surface area contributed by atoms with Crippen LogP contribution in [0.4, 0.5) is 9.52 Å². The molecule has 186 valence electrons. The first-order chi connectivity index (χ1) is 17.3. The Hall–Kier alpha value is -2.92. The lowest BCUT2D eigenvalue weighted by atomic mass is 9.96. The van der Waals surface area contributed by atoms with Gasteiger partial charge < -0.3 is 0 Å². The number of rotatable bonds is 6. The Labute approximate surface area is 217 Å². The minimum atomic E-state index is -3.68. The maximum atomic E-state index is 14.3. The van der Waals surface area contributed by atoms with Gasteiger partial charge >= 0.3 is 0 Å². The summed E-state index contributed by atoms with van der Waals surface area (Å²) in [7, 11) is -3.68. The van der Waals surface area contributed by atoms with Crippen LogP contribution >= 0.6 is 22.9 Å². The molecule has 3 heterocycles. The minimum Gasteiger partial charge on any atom is -0.283 e. The number of piperidine rings is 1. The number of nitrogens with zero attached hydrogens (tertiary/aromatic N) is 4. The molecule has 1 fully saturated rings. The number of pyridine rings is 1. The fraction of sp³-hybridized carbons (Fsp3) is 0.240. The van der Waals surface area contributed by atoms with Crippen LogP contribution in [0.3, 0.4) is 0 Å². The number of thiazole rings is 1. The molecule has 11 heteroatoms. The highest BCUT2D eigenvalue weighted by molar-refractivity contribution is 7.89. The molecule has 1 saturated heterocycles. The fourth-order valence-electron chi connectivity index (χ4n) is 4.25. The van der Waals surface area contributed by atoms with E-state index in [9.17, 15) is 17.6 Å². The summed E-state index contributed by atoms with van der Waals surface area (Å²) in [4.78, 5) is 24.0. The average Bonchev–Trinajstić information content (AvgIpc) is 3.33. The van der Waals surface area contributed by atoms with Crippen molar-refractivity contribution < 1.29 is 17.6 Å². The van der Waals surface area contributed by atoms with E-state index in [-0.39, 0.29) is 36.0 Å². The van der Waals surface area contributed by atoms with Crippen LogP contribution in [0, 0.1) is 11.7 Å². The van der Waals surface area contributed by atoms with Gasteiger partial charge in [-0.25, -0.2) is 17.8 Å². The molecule has 2 aromatic heterocycles. The minimum absolute atomic E-state index is 0.165. The number of amides is 1. The Morgan fingerprint density at radius 2 is 1.86 bits per heavy atom. The van der Waals surface area contributed by atoms with Crippen LogP contribution in [0.2, 0.25) is 5.02 Å². The van der Waals surface area contributed by atoms with E-state index >= 15 is 0 Å². The van der Waals surface area contributed by atoms with Crippen molar-refractivity contribution in [2.45, 2.75) is 24.3 Å². The number of hydrogen-bond donors (Lipinski definition) is 0. The van der Waals surface area contributed by atoms with Gasteiger partial charge in [-0.15, -0.1) is 0 Å². The first-order valence-corrected chi connectivity index (χ1v) is 14.0. The predicted octanol–water partition coefficient (Wildman–Crippen LogP) is 5.12. The number of halogens is 2. The second-order valence-electron chi connectivity index (χ2n) is 8.50. The highest BCUT2D eigenvalue weighted by Crippen LogP contribution is 2.34. The Morgan fingerprint density at radius 1 is 1.11 bits per heavy atom. The molecule has 0 saturated carbocycles. The summed E-state index contributed by atoms with van der Waals surface area (Å²) >= 11 is 7.15. The Balaban J connectivity index is 1.37. The van der Waals surface area contributed by atoms with E-state index in [1.807, 2.05) is 6.07 Å². The van der Waals surface area contributed by atoms with Crippen molar-refractivity contribution in [3.8, 4) is 0 Å². The Morgan fingerprint density at radius 3 is 2.53 bits per heavy atom. The zero-order valence-electron chi connectivity index (χ0n) is 19.0. The number of hydrogen-bond acceptors (Lipinski definition) is 6. The number of sulfonamides is 1. The van der Waals surface area contributed by atoms with Gasteiger partial charge in [-0.2, -0.15) is 4.31 Å². The summed E-state index contributed by atoms with van der Waals surface area (Å²) in [5, 5.41) is 0.863. The third kappa shape index (κ3) is 4.99. The van der Waals surface area contributed by atoms with E-state index in [1.165, 1.54) is 33.8 Å². The highest BCUT2D eigenvalue weighted by Gasteiger charge is 2.35. The van der Waals surface area contributed by atoms with E-state index in [0.29, 0.717) is 27.7 Å². The van der Waals surface area contributed by atoms with Gasteiger partial charge in [0.15, 0.2) is 5.13 Å². The molecule has 1 amide bonds. The van der Waals surface area contributed by atoms with Crippen molar-refractivity contribution in [1.82, 2.24) is 14.3 Å². The number of aromatic nitrogens is 2. The number of para-hydroxylation sites is 1. The molecular formula is C25H22ClFN4O3S2. The number of benzene rings is 2. The molecule has 5 rings (SSSR count). The van der Waals surface area contributed by atoms with Crippen molar-refractivity contribution in [3.05, 3.63) is 83.4 Å². The quantitative estimate of drug-likeness (QED) is 0.336. The van der Waals surface area contributed by atoms with Gasteiger partial charge in [-0.05, 0) is 60.9 Å². The zero-order chi connectivity index (χ0) is 25.3. The zero-order valence-corrected chi connectivity index (χ0v) is 21.4. The average molecular weight is 545 g/mol. The molecule has 0 N–H and O–H groups in total. The summed E-state index contributed by atoms with van der Waals surface area (Å²) < 4.78 is 42.5. The molecule has 1 aliphatic heterocycles. The van der Waals surface area contributed by atoms with Gasteiger partial charge in [0.25, 0.3) is 0 Å². The lowest BCUT2D eigenvalue weighted by Gasteiger charge is -2.33. The third-order valence-corrected chi connectivity index (χ3v) is 9.38. The standard InChI is InChI=1S/C25H22ClFN4O3S2/c26-19-6-8-20(9-7-19)36(33,34)30-13-10-18(11-14-30)24(32)31(16-17-3-2-12-28-15-17)25-29-23-21(27)4-1-5-22(23)35-25/h1-9,12,15,18H,10-11,13-14,16H2. The molecule has 36 heavy (non-hydrogen) atoms. The maximum Gasteiger partial charge on any atom is 0.243 e. The summed E-state index contributed by atoms with van der Waals surface area (Å²) in [6, 6.07) is 14.4. The summed E-state index contributed by atoms with van der Waals surface area (Å²) in [5.41, 5.74) is 1.04. The summed E-state index contributed by atoms with van der Waals surface area (Å²) in [5.74, 6) is -0.999. The van der Waals surface area contributed by atoms with Gasteiger partial charge in [-0.3, -0.25) is 14.7 Å². The molecule has 0 aliphatic carbocycles. The van der Waals surface area contributed by atoms with Crippen molar-refractivity contribution in [3.63, 3.8) is 0 Å². The van der Waals surface area contributed by atoms with Crippen LogP contribution in [-0.4, -0.2) is 41.7 Å². The van der Waals surface area contributed by atoms with Gasteiger partial charge in [0.2, 0.25) is 15.9 Å². The van der Waals surface area contributed by atoms with Crippen molar-refractivity contribution >= 4 is 54.2 Å². The van der Waals surface area contributed by atoms with Crippen LogP contribution in [0.25, 0.3) is 10.2 Å². The van der Waals surface area contributed by atoms with Crippen LogP contribution in [-0.2, 0) is 21.4 Å². The van der Waals surface area contributed by atoms with Crippen LogP contribution in [0.15, 0.2) is 71.9 Å². The number of carbonyl (C=O) groups excluding carboxylic acids is 1. The molecule has 0 spiro atoms. The molecule has 4 aromatic rings. The Kier molecular flexibility index (Phi) is 7.03. The Bertz CT molecular complexity index is 1490. The van der Waals surface area contributed by atoms with Crippen molar-refractivity contribution in [1.29, 1.82) is 0 Å². The number of fused-ring (bicyclic) bond motifs is 1. The van der Waals surface area contributed by atoms with Gasteiger partial charge in [0.05, 0.1) is 16.1 Å². The number of anilines is 1. The van der Waals surface area contributed by atoms with Crippen LogP contribution in [0.5, 0.6) is 0 Å². The van der Waals surface area contributed by atoms with E-state index in [2.05, 4.69) is 9.97 Å². The third-order valence-electron chi connectivity index (χ3n) is 6.17. The van der Waals surface area contributed by atoms with Crippen molar-refractivity contribution in [2.75, 3.05) is 18.0 Å². The van der Waals surface area contributed by atoms with E-state index in [1.54, 1.807) is 47.6 Å². The molecule has 1 aliphatic rings. The number of carbonyl (C=O) groups is 1. The fourth-order valence-corrected chi connectivity index (χ4v) is 6.83. The lowest BCUT2D eigenvalue weighted by molar-refractivity contribution is -0.123. The maximum absolute atomic E-state index is 14.3. The normalized spacial score (nSPS) is 15.3. The SMILES string of the molecule is O=C(C1CCN(S(=O)(=O)c2ccc(Cl)cc2)CC1)N(Cc1cccnc1)c1nc2c(F)cccc2s1.